The van der Waals surface area contributed by atoms with Gasteiger partial charge in [0.1, 0.15) is 13.2 Å². The predicted octanol–water partition coefficient (Wildman–Crippen LogP) is 1.55. The van der Waals surface area contributed by atoms with E-state index in [1.165, 1.54) is 7.11 Å². The van der Waals surface area contributed by atoms with Crippen molar-refractivity contribution in [1.82, 2.24) is 10.2 Å². The summed E-state index contributed by atoms with van der Waals surface area (Å²) in [4.78, 5) is 25.2. The van der Waals surface area contributed by atoms with Gasteiger partial charge in [-0.05, 0) is 18.4 Å². The second-order valence-electron chi connectivity index (χ2n) is 5.29. The minimum Gasteiger partial charge on any atom is -0.445 e. The van der Waals surface area contributed by atoms with Gasteiger partial charge in [-0.2, -0.15) is 0 Å². The summed E-state index contributed by atoms with van der Waals surface area (Å²) in [7, 11) is 1.51. The predicted molar refractivity (Wildman–Crippen MR) is 81.2 cm³/mol. The smallest absolute Gasteiger partial charge is 0.407 e. The number of hydrogen-bond acceptors (Lipinski definition) is 4. The molecule has 2 rings (SSSR count). The van der Waals surface area contributed by atoms with Crippen LogP contribution >= 0.6 is 0 Å². The average Bonchev–Trinajstić information content (AvgIpc) is 2.55. The molecule has 1 aliphatic rings. The Morgan fingerprint density at radius 2 is 1.91 bits per heavy atom. The number of likely N-dealkylation sites (tertiary alicyclic amines) is 1. The Kier molecular flexibility index (Phi) is 6.21. The van der Waals surface area contributed by atoms with Crippen LogP contribution in [0.1, 0.15) is 18.4 Å². The van der Waals surface area contributed by atoms with Crippen LogP contribution < -0.4 is 5.32 Å². The number of nitrogens with one attached hydrogen (secondary N) is 1. The second-order valence-corrected chi connectivity index (χ2v) is 5.29. The van der Waals surface area contributed by atoms with Crippen LogP contribution in [0.4, 0.5) is 4.79 Å². The Labute approximate surface area is 130 Å². The molecule has 1 saturated heterocycles. The summed E-state index contributed by atoms with van der Waals surface area (Å²) in [6, 6.07) is 9.60. The van der Waals surface area contributed by atoms with Crippen LogP contribution in [-0.4, -0.2) is 49.7 Å². The SMILES string of the molecule is COCC(=O)N1CCC(NC(=O)OCc2ccccc2)CC1. The Bertz CT molecular complexity index is 484. The molecule has 0 unspecified atom stereocenters. The maximum absolute atomic E-state index is 11.8. The van der Waals surface area contributed by atoms with Crippen LogP contribution in [0.15, 0.2) is 30.3 Å². The van der Waals surface area contributed by atoms with Crippen molar-refractivity contribution < 1.29 is 19.1 Å². The molecule has 6 nitrogen and oxygen atoms in total. The standard InChI is InChI=1S/C16H22N2O4/c1-21-12-15(19)18-9-7-14(8-10-18)17-16(20)22-11-13-5-3-2-4-6-13/h2-6,14H,7-12H2,1H3,(H,17,20). The molecule has 0 bridgehead atoms. The number of benzene rings is 1. The molecule has 1 aromatic carbocycles. The maximum atomic E-state index is 11.8. The fourth-order valence-electron chi connectivity index (χ4n) is 2.42. The van der Waals surface area contributed by atoms with Crippen LogP contribution in [-0.2, 0) is 20.9 Å². The van der Waals surface area contributed by atoms with Gasteiger partial charge in [0.25, 0.3) is 0 Å². The van der Waals surface area contributed by atoms with E-state index in [-0.39, 0.29) is 25.2 Å². The normalized spacial score (nSPS) is 15.4. The average molecular weight is 306 g/mol. The largest absolute Gasteiger partial charge is 0.445 e. The van der Waals surface area contributed by atoms with E-state index < -0.39 is 6.09 Å². The van der Waals surface area contributed by atoms with Crippen LogP contribution in [0.5, 0.6) is 0 Å². The molecule has 1 N–H and O–H groups in total. The first-order chi connectivity index (χ1) is 10.7. The number of ether oxygens (including phenoxy) is 2. The minimum absolute atomic E-state index is 0.00685. The van der Waals surface area contributed by atoms with Gasteiger partial charge in [0.15, 0.2) is 0 Å². The van der Waals surface area contributed by atoms with Gasteiger partial charge in [0.05, 0.1) is 0 Å². The van der Waals surface area contributed by atoms with Crippen molar-refractivity contribution in [2.45, 2.75) is 25.5 Å². The Morgan fingerprint density at radius 3 is 2.55 bits per heavy atom. The summed E-state index contributed by atoms with van der Waals surface area (Å²) >= 11 is 0. The van der Waals surface area contributed by atoms with E-state index in [0.717, 1.165) is 18.4 Å². The highest BCUT2D eigenvalue weighted by molar-refractivity contribution is 5.77. The van der Waals surface area contributed by atoms with Crippen molar-refractivity contribution >= 4 is 12.0 Å². The van der Waals surface area contributed by atoms with Crippen LogP contribution in [0.25, 0.3) is 0 Å². The minimum atomic E-state index is -0.412. The molecule has 1 aliphatic heterocycles. The van der Waals surface area contributed by atoms with E-state index in [4.69, 9.17) is 9.47 Å². The molecule has 120 valence electrons. The third kappa shape index (κ3) is 5.04. The van der Waals surface area contributed by atoms with Gasteiger partial charge in [0.2, 0.25) is 5.91 Å². The molecule has 0 aromatic heterocycles. The fraction of sp³-hybridized carbons (Fsp3) is 0.500. The number of alkyl carbamates (subject to hydrolysis) is 1. The van der Waals surface area contributed by atoms with Gasteiger partial charge < -0.3 is 19.7 Å². The molecule has 22 heavy (non-hydrogen) atoms. The highest BCUT2D eigenvalue weighted by Gasteiger charge is 2.23. The third-order valence-electron chi connectivity index (χ3n) is 3.65. The first-order valence-electron chi connectivity index (χ1n) is 7.43. The molecular weight excluding hydrogens is 284 g/mol. The summed E-state index contributed by atoms with van der Waals surface area (Å²) in [5.41, 5.74) is 0.956. The van der Waals surface area contributed by atoms with Gasteiger partial charge in [0, 0.05) is 26.2 Å². The van der Waals surface area contributed by atoms with E-state index in [2.05, 4.69) is 5.32 Å². The zero-order valence-electron chi connectivity index (χ0n) is 12.8. The van der Waals surface area contributed by atoms with E-state index in [9.17, 15) is 9.59 Å². The lowest BCUT2D eigenvalue weighted by Crippen LogP contribution is -2.47. The summed E-state index contributed by atoms with van der Waals surface area (Å²) in [6.45, 7) is 1.63. The van der Waals surface area contributed by atoms with E-state index in [1.54, 1.807) is 4.90 Å². The highest BCUT2D eigenvalue weighted by atomic mass is 16.5. The molecule has 6 heteroatoms. The van der Waals surface area contributed by atoms with E-state index in [0.29, 0.717) is 13.1 Å². The molecule has 0 atom stereocenters. The first kappa shape index (κ1) is 16.3. The number of rotatable bonds is 5. The number of hydrogen-bond donors (Lipinski definition) is 1. The summed E-state index contributed by atoms with van der Waals surface area (Å²) in [6.07, 6.45) is 1.05. The summed E-state index contributed by atoms with van der Waals surface area (Å²) in [5.74, 6) is -0.00685. The topological polar surface area (TPSA) is 67.9 Å². The lowest BCUT2D eigenvalue weighted by Gasteiger charge is -2.32. The van der Waals surface area contributed by atoms with Gasteiger partial charge in [-0.15, -0.1) is 0 Å². The summed E-state index contributed by atoms with van der Waals surface area (Å²) in [5, 5.41) is 2.85. The molecule has 1 aromatic rings. The number of nitrogens with zero attached hydrogens (tertiary/aromatic N) is 1. The highest BCUT2D eigenvalue weighted by Crippen LogP contribution is 2.11. The Hall–Kier alpha value is -2.08. The van der Waals surface area contributed by atoms with Crippen molar-refractivity contribution in [3.63, 3.8) is 0 Å². The van der Waals surface area contributed by atoms with Gasteiger partial charge in [-0.1, -0.05) is 30.3 Å². The number of carbonyl (C=O) groups excluding carboxylic acids is 2. The zero-order chi connectivity index (χ0) is 15.8. The molecule has 0 saturated carbocycles. The molecule has 1 fully saturated rings. The molecule has 0 spiro atoms. The van der Waals surface area contributed by atoms with E-state index in [1.807, 2.05) is 30.3 Å². The lowest BCUT2D eigenvalue weighted by molar-refractivity contribution is -0.136. The number of carbonyl (C=O) groups is 2. The fourth-order valence-corrected chi connectivity index (χ4v) is 2.42. The van der Waals surface area contributed by atoms with Crippen LogP contribution in [0, 0.1) is 0 Å². The zero-order valence-corrected chi connectivity index (χ0v) is 12.8. The number of methoxy groups -OCH3 is 1. The van der Waals surface area contributed by atoms with Crippen LogP contribution in [0.2, 0.25) is 0 Å². The third-order valence-corrected chi connectivity index (χ3v) is 3.65. The van der Waals surface area contributed by atoms with Gasteiger partial charge in [-0.3, -0.25) is 4.79 Å². The summed E-state index contributed by atoms with van der Waals surface area (Å²) < 4.78 is 10.0. The van der Waals surface area contributed by atoms with Crippen molar-refractivity contribution in [2.75, 3.05) is 26.8 Å². The van der Waals surface area contributed by atoms with Crippen molar-refractivity contribution in [2.24, 2.45) is 0 Å². The van der Waals surface area contributed by atoms with Gasteiger partial charge >= 0.3 is 6.09 Å². The van der Waals surface area contributed by atoms with Crippen LogP contribution in [0.3, 0.4) is 0 Å². The van der Waals surface area contributed by atoms with E-state index >= 15 is 0 Å². The first-order valence-corrected chi connectivity index (χ1v) is 7.43. The van der Waals surface area contributed by atoms with Gasteiger partial charge in [-0.25, -0.2) is 4.79 Å². The van der Waals surface area contributed by atoms with Crippen molar-refractivity contribution in [3.8, 4) is 0 Å². The van der Waals surface area contributed by atoms with Crippen molar-refractivity contribution in [3.05, 3.63) is 35.9 Å². The second kappa shape index (κ2) is 8.38. The monoisotopic (exact) mass is 306 g/mol. The number of piperidine rings is 1. The van der Waals surface area contributed by atoms with Crippen molar-refractivity contribution in [1.29, 1.82) is 0 Å². The maximum Gasteiger partial charge on any atom is 0.407 e. The molecule has 0 radical (unpaired) electrons. The molecule has 2 amide bonds. The molecule has 0 aliphatic carbocycles. The molecule has 1 heterocycles. The number of amides is 2. The quantitative estimate of drug-likeness (QED) is 0.896. The molecular formula is C16H22N2O4. The lowest BCUT2D eigenvalue weighted by atomic mass is 10.1. The Morgan fingerprint density at radius 1 is 1.23 bits per heavy atom. The Balaban J connectivity index is 1.67.